The maximum Gasteiger partial charge on any atom is 0.0151 e. The van der Waals surface area contributed by atoms with Crippen LogP contribution in [-0.4, -0.2) is 4.83 Å². The molecule has 0 aromatic carbocycles. The minimum atomic E-state index is 0.757. The van der Waals surface area contributed by atoms with E-state index < -0.39 is 0 Å². The largest absolute Gasteiger partial charge is 0.148 e. The summed E-state index contributed by atoms with van der Waals surface area (Å²) in [5, 5.41) is 2.22. The molecule has 0 N–H and O–H groups in total. The van der Waals surface area contributed by atoms with Crippen LogP contribution in [0.2, 0.25) is 0 Å². The Morgan fingerprint density at radius 3 is 2.92 bits per heavy atom. The summed E-state index contributed by atoms with van der Waals surface area (Å²) in [7, 11) is 0. The molecule has 1 aromatic rings. The smallest absolute Gasteiger partial charge is 0.0151 e. The Morgan fingerprint density at radius 1 is 1.46 bits per heavy atom. The normalized spacial score (nSPS) is 29.1. The predicted octanol–water partition coefficient (Wildman–Crippen LogP) is 4.48. The number of rotatable bonds is 1. The summed E-state index contributed by atoms with van der Waals surface area (Å²) in [6, 6.07) is 2.25. The fourth-order valence-electron chi connectivity index (χ4n) is 2.17. The fraction of sp³-hybridized carbons (Fsp3) is 0.636. The number of hydrogen-bond donors (Lipinski definition) is 0. The molecule has 0 saturated heterocycles. The van der Waals surface area contributed by atoms with Crippen LogP contribution in [0, 0.1) is 6.92 Å². The van der Waals surface area contributed by atoms with Crippen molar-refractivity contribution in [2.24, 2.45) is 0 Å². The van der Waals surface area contributed by atoms with Crippen LogP contribution in [0.5, 0.6) is 0 Å². The van der Waals surface area contributed by atoms with Gasteiger partial charge in [-0.05, 0) is 49.1 Å². The van der Waals surface area contributed by atoms with Crippen LogP contribution >= 0.6 is 27.3 Å². The first-order valence-electron chi connectivity index (χ1n) is 4.95. The molecule has 1 saturated carbocycles. The van der Waals surface area contributed by atoms with Crippen LogP contribution in [0.25, 0.3) is 0 Å². The molecule has 72 valence electrons. The lowest BCUT2D eigenvalue weighted by Crippen LogP contribution is -2.13. The lowest BCUT2D eigenvalue weighted by atomic mass is 9.87. The van der Waals surface area contributed by atoms with Crippen molar-refractivity contribution >= 4 is 27.3 Å². The third-order valence-electron chi connectivity index (χ3n) is 2.88. The van der Waals surface area contributed by atoms with E-state index in [9.17, 15) is 0 Å². The van der Waals surface area contributed by atoms with Crippen LogP contribution in [-0.2, 0) is 0 Å². The van der Waals surface area contributed by atoms with Gasteiger partial charge in [-0.25, -0.2) is 0 Å². The van der Waals surface area contributed by atoms with Crippen molar-refractivity contribution in [2.45, 2.75) is 43.4 Å². The Hall–Kier alpha value is 0.180. The molecular weight excluding hydrogens is 244 g/mol. The molecule has 1 aliphatic carbocycles. The lowest BCUT2D eigenvalue weighted by molar-refractivity contribution is 0.462. The second kappa shape index (κ2) is 4.14. The number of thiophene rings is 1. The Morgan fingerprint density at radius 2 is 2.31 bits per heavy atom. The molecule has 0 amide bonds. The first-order valence-corrected chi connectivity index (χ1v) is 6.75. The van der Waals surface area contributed by atoms with E-state index in [2.05, 4.69) is 34.3 Å². The molecule has 0 bridgehead atoms. The molecule has 2 unspecified atom stereocenters. The summed E-state index contributed by atoms with van der Waals surface area (Å²) in [4.78, 5) is 2.39. The highest BCUT2D eigenvalue weighted by atomic mass is 79.9. The average Bonchev–Trinajstić information content (AvgIpc) is 2.51. The molecule has 2 heteroatoms. The molecule has 0 aliphatic heterocycles. The zero-order valence-electron chi connectivity index (χ0n) is 7.92. The van der Waals surface area contributed by atoms with Gasteiger partial charge in [-0.15, -0.1) is 11.3 Å². The first kappa shape index (κ1) is 9.72. The highest BCUT2D eigenvalue weighted by molar-refractivity contribution is 9.09. The van der Waals surface area contributed by atoms with Crippen molar-refractivity contribution in [2.75, 3.05) is 0 Å². The van der Waals surface area contributed by atoms with Gasteiger partial charge in [0, 0.05) is 9.70 Å². The molecule has 1 aliphatic rings. The Bertz CT molecular complexity index is 279. The quantitative estimate of drug-likeness (QED) is 0.652. The predicted molar refractivity (Wildman–Crippen MR) is 63.0 cm³/mol. The van der Waals surface area contributed by atoms with Crippen molar-refractivity contribution in [1.82, 2.24) is 0 Å². The SMILES string of the molecule is Cc1ccsc1C1CCCC(Br)C1. The monoisotopic (exact) mass is 258 g/mol. The molecular formula is C11H15BrS. The second-order valence-corrected chi connectivity index (χ2v) is 6.17. The summed E-state index contributed by atoms with van der Waals surface area (Å²) in [5.41, 5.74) is 1.50. The van der Waals surface area contributed by atoms with Gasteiger partial charge in [0.25, 0.3) is 0 Å². The van der Waals surface area contributed by atoms with Crippen LogP contribution < -0.4 is 0 Å². The Balaban J connectivity index is 2.12. The topological polar surface area (TPSA) is 0 Å². The van der Waals surface area contributed by atoms with Crippen molar-refractivity contribution in [3.05, 3.63) is 21.9 Å². The van der Waals surface area contributed by atoms with E-state index in [-0.39, 0.29) is 0 Å². The van der Waals surface area contributed by atoms with Crippen molar-refractivity contribution in [1.29, 1.82) is 0 Å². The molecule has 0 spiro atoms. The van der Waals surface area contributed by atoms with Gasteiger partial charge < -0.3 is 0 Å². The van der Waals surface area contributed by atoms with Gasteiger partial charge in [0.2, 0.25) is 0 Å². The van der Waals surface area contributed by atoms with E-state index in [4.69, 9.17) is 0 Å². The average molecular weight is 259 g/mol. The maximum atomic E-state index is 3.74. The van der Waals surface area contributed by atoms with Gasteiger partial charge in [-0.3, -0.25) is 0 Å². The molecule has 1 fully saturated rings. The van der Waals surface area contributed by atoms with Crippen LogP contribution in [0.3, 0.4) is 0 Å². The minimum absolute atomic E-state index is 0.757. The second-order valence-electron chi connectivity index (χ2n) is 3.93. The Kier molecular flexibility index (Phi) is 3.10. The van der Waals surface area contributed by atoms with Gasteiger partial charge in [0.05, 0.1) is 0 Å². The zero-order chi connectivity index (χ0) is 9.26. The van der Waals surface area contributed by atoms with E-state index in [1.807, 2.05) is 11.3 Å². The van der Waals surface area contributed by atoms with Crippen molar-refractivity contribution < 1.29 is 0 Å². The highest BCUT2D eigenvalue weighted by Gasteiger charge is 2.23. The molecule has 1 aromatic heterocycles. The number of halogens is 1. The standard InChI is InChI=1S/C11H15BrS/c1-8-5-6-13-11(8)9-3-2-4-10(12)7-9/h5-6,9-10H,2-4,7H2,1H3. The van der Waals surface area contributed by atoms with E-state index >= 15 is 0 Å². The number of aryl methyl sites for hydroxylation is 1. The van der Waals surface area contributed by atoms with Crippen LogP contribution in [0.1, 0.15) is 42.0 Å². The fourth-order valence-corrected chi connectivity index (χ4v) is 4.03. The summed E-state index contributed by atoms with van der Waals surface area (Å²) in [6.45, 7) is 2.24. The molecule has 2 rings (SSSR count). The maximum absolute atomic E-state index is 3.74. The van der Waals surface area contributed by atoms with Gasteiger partial charge >= 0.3 is 0 Å². The summed E-state index contributed by atoms with van der Waals surface area (Å²) < 4.78 is 0. The van der Waals surface area contributed by atoms with E-state index in [1.165, 1.54) is 31.2 Å². The molecule has 0 radical (unpaired) electrons. The van der Waals surface area contributed by atoms with E-state index in [1.54, 1.807) is 4.88 Å². The lowest BCUT2D eigenvalue weighted by Gasteiger charge is -2.25. The third kappa shape index (κ3) is 2.16. The molecule has 1 heterocycles. The summed E-state index contributed by atoms with van der Waals surface area (Å²) in [5.74, 6) is 0.832. The van der Waals surface area contributed by atoms with Crippen molar-refractivity contribution in [3.63, 3.8) is 0 Å². The number of hydrogen-bond acceptors (Lipinski definition) is 1. The van der Waals surface area contributed by atoms with Crippen molar-refractivity contribution in [3.8, 4) is 0 Å². The van der Waals surface area contributed by atoms with E-state index in [0.717, 1.165) is 10.7 Å². The minimum Gasteiger partial charge on any atom is -0.148 e. The summed E-state index contributed by atoms with van der Waals surface area (Å²) >= 11 is 5.68. The zero-order valence-corrected chi connectivity index (χ0v) is 10.3. The Labute approximate surface area is 92.5 Å². The van der Waals surface area contributed by atoms with Gasteiger partial charge in [0.15, 0.2) is 0 Å². The van der Waals surface area contributed by atoms with Crippen LogP contribution in [0.4, 0.5) is 0 Å². The molecule has 2 atom stereocenters. The van der Waals surface area contributed by atoms with Crippen LogP contribution in [0.15, 0.2) is 11.4 Å². The van der Waals surface area contributed by atoms with E-state index in [0.29, 0.717) is 0 Å². The summed E-state index contributed by atoms with van der Waals surface area (Å²) in [6.07, 6.45) is 5.48. The number of alkyl halides is 1. The van der Waals surface area contributed by atoms with Gasteiger partial charge in [-0.1, -0.05) is 22.4 Å². The van der Waals surface area contributed by atoms with Gasteiger partial charge in [-0.2, -0.15) is 0 Å². The third-order valence-corrected chi connectivity index (χ3v) is 4.90. The highest BCUT2D eigenvalue weighted by Crippen LogP contribution is 2.39. The molecule has 0 nitrogen and oxygen atoms in total. The first-order chi connectivity index (χ1) is 6.27. The molecule has 13 heavy (non-hydrogen) atoms. The van der Waals surface area contributed by atoms with Gasteiger partial charge in [0.1, 0.15) is 0 Å².